The zero-order valence-electron chi connectivity index (χ0n) is 11.5. The summed E-state index contributed by atoms with van der Waals surface area (Å²) < 4.78 is 0. The van der Waals surface area contributed by atoms with E-state index in [1.165, 1.54) is 16.5 Å². The van der Waals surface area contributed by atoms with Crippen LogP contribution in [0.1, 0.15) is 22.7 Å². The normalized spacial score (nSPS) is 12.5. The number of fused-ring (bicyclic) bond motifs is 1. The van der Waals surface area contributed by atoms with Crippen molar-refractivity contribution in [2.45, 2.75) is 19.4 Å². The van der Waals surface area contributed by atoms with Gasteiger partial charge in [-0.25, -0.2) is 0 Å². The molecule has 1 aromatic carbocycles. The van der Waals surface area contributed by atoms with E-state index in [0.717, 1.165) is 17.5 Å². The van der Waals surface area contributed by atoms with Crippen molar-refractivity contribution in [3.05, 3.63) is 71.7 Å². The maximum Gasteiger partial charge on any atom is 0.0704 e. The first kappa shape index (κ1) is 12.8. The second-order valence-electron chi connectivity index (χ2n) is 5.03. The molecule has 0 saturated heterocycles. The second kappa shape index (κ2) is 5.39. The Hall–Kier alpha value is -2.26. The molecule has 0 spiro atoms. The molecule has 2 aromatic heterocycles. The molecule has 1 atom stereocenters. The zero-order chi connectivity index (χ0) is 13.9. The number of aromatic nitrogens is 2. The Labute approximate surface area is 118 Å². The largest absolute Gasteiger partial charge is 0.324 e. The molecule has 20 heavy (non-hydrogen) atoms. The maximum atomic E-state index is 6.36. The van der Waals surface area contributed by atoms with Crippen LogP contribution in [0.4, 0.5) is 0 Å². The Morgan fingerprint density at radius 2 is 1.95 bits per heavy atom. The molecule has 3 nitrogen and oxygen atoms in total. The molecule has 2 N–H and O–H groups in total. The molecular weight excluding hydrogens is 246 g/mol. The molecule has 3 heteroatoms. The summed E-state index contributed by atoms with van der Waals surface area (Å²) in [6.45, 7) is 2.07. The van der Waals surface area contributed by atoms with E-state index in [4.69, 9.17) is 5.73 Å². The Kier molecular flexibility index (Phi) is 3.44. The third-order valence-corrected chi connectivity index (χ3v) is 3.66. The van der Waals surface area contributed by atoms with Crippen molar-refractivity contribution in [2.75, 3.05) is 0 Å². The van der Waals surface area contributed by atoms with Gasteiger partial charge in [0.2, 0.25) is 0 Å². The van der Waals surface area contributed by atoms with Gasteiger partial charge in [-0.15, -0.1) is 0 Å². The van der Waals surface area contributed by atoms with Crippen molar-refractivity contribution in [1.29, 1.82) is 0 Å². The lowest BCUT2D eigenvalue weighted by atomic mass is 9.96. The van der Waals surface area contributed by atoms with Gasteiger partial charge in [0.25, 0.3) is 0 Å². The van der Waals surface area contributed by atoms with Crippen molar-refractivity contribution in [1.82, 2.24) is 9.97 Å². The van der Waals surface area contributed by atoms with Gasteiger partial charge in [0.15, 0.2) is 0 Å². The number of aryl methyl sites for hydroxylation is 1. The summed E-state index contributed by atoms with van der Waals surface area (Å²) in [6.07, 6.45) is 6.30. The van der Waals surface area contributed by atoms with Gasteiger partial charge in [0.05, 0.1) is 5.52 Å². The fourth-order valence-corrected chi connectivity index (χ4v) is 2.54. The second-order valence-corrected chi connectivity index (χ2v) is 5.03. The van der Waals surface area contributed by atoms with Crippen LogP contribution in [0.25, 0.3) is 10.9 Å². The first-order valence-electron chi connectivity index (χ1n) is 6.74. The summed E-state index contributed by atoms with van der Waals surface area (Å²) in [5.74, 6) is 0. The summed E-state index contributed by atoms with van der Waals surface area (Å²) in [5, 5.41) is 1.17. The SMILES string of the molecule is Cc1ccncc1C(N)Cc1ccnc2ccccc12. The van der Waals surface area contributed by atoms with Gasteiger partial charge in [0, 0.05) is 30.0 Å². The smallest absolute Gasteiger partial charge is 0.0704 e. The van der Waals surface area contributed by atoms with E-state index in [1.807, 2.05) is 42.7 Å². The van der Waals surface area contributed by atoms with Crippen LogP contribution in [0.5, 0.6) is 0 Å². The number of nitrogens with zero attached hydrogens (tertiary/aromatic N) is 2. The maximum absolute atomic E-state index is 6.36. The molecule has 100 valence electrons. The number of hydrogen-bond acceptors (Lipinski definition) is 3. The molecule has 0 aliphatic heterocycles. The van der Waals surface area contributed by atoms with Gasteiger partial charge in [-0.1, -0.05) is 18.2 Å². The van der Waals surface area contributed by atoms with E-state index in [1.54, 1.807) is 6.20 Å². The van der Waals surface area contributed by atoms with Crippen LogP contribution in [-0.4, -0.2) is 9.97 Å². The highest BCUT2D eigenvalue weighted by Crippen LogP contribution is 2.23. The summed E-state index contributed by atoms with van der Waals surface area (Å²) in [6, 6.07) is 12.2. The van der Waals surface area contributed by atoms with Crippen LogP contribution in [0.15, 0.2) is 55.0 Å². The van der Waals surface area contributed by atoms with E-state index >= 15 is 0 Å². The standard InChI is InChI=1S/C17H17N3/c1-12-6-8-19-11-15(12)16(18)10-13-7-9-20-17-5-3-2-4-14(13)17/h2-9,11,16H,10,18H2,1H3. The van der Waals surface area contributed by atoms with E-state index in [0.29, 0.717) is 0 Å². The molecule has 1 unspecified atom stereocenters. The summed E-state index contributed by atoms with van der Waals surface area (Å²) in [4.78, 5) is 8.56. The van der Waals surface area contributed by atoms with Crippen molar-refractivity contribution < 1.29 is 0 Å². The highest BCUT2D eigenvalue weighted by atomic mass is 14.7. The molecular formula is C17H17N3. The van der Waals surface area contributed by atoms with E-state index in [2.05, 4.69) is 23.0 Å². The highest BCUT2D eigenvalue weighted by molar-refractivity contribution is 5.81. The van der Waals surface area contributed by atoms with Gasteiger partial charge in [-0.2, -0.15) is 0 Å². The van der Waals surface area contributed by atoms with Crippen LogP contribution >= 0.6 is 0 Å². The lowest BCUT2D eigenvalue weighted by Gasteiger charge is -2.15. The monoisotopic (exact) mass is 263 g/mol. The topological polar surface area (TPSA) is 51.8 Å². The van der Waals surface area contributed by atoms with Crippen LogP contribution < -0.4 is 5.73 Å². The lowest BCUT2D eigenvalue weighted by molar-refractivity contribution is 0.715. The van der Waals surface area contributed by atoms with Crippen molar-refractivity contribution in [2.24, 2.45) is 5.73 Å². The summed E-state index contributed by atoms with van der Waals surface area (Å²) >= 11 is 0. The Balaban J connectivity index is 1.96. The molecule has 3 rings (SSSR count). The number of hydrogen-bond donors (Lipinski definition) is 1. The quantitative estimate of drug-likeness (QED) is 0.789. The zero-order valence-corrected chi connectivity index (χ0v) is 11.5. The Morgan fingerprint density at radius 1 is 1.10 bits per heavy atom. The van der Waals surface area contributed by atoms with Gasteiger partial charge in [-0.3, -0.25) is 9.97 Å². The summed E-state index contributed by atoms with van der Waals surface area (Å²) in [7, 11) is 0. The third kappa shape index (κ3) is 2.40. The first-order valence-corrected chi connectivity index (χ1v) is 6.74. The fourth-order valence-electron chi connectivity index (χ4n) is 2.54. The Morgan fingerprint density at radius 3 is 2.80 bits per heavy atom. The molecule has 0 radical (unpaired) electrons. The molecule has 0 amide bonds. The van der Waals surface area contributed by atoms with Crippen molar-refractivity contribution in [3.63, 3.8) is 0 Å². The molecule has 0 aliphatic carbocycles. The number of benzene rings is 1. The average molecular weight is 263 g/mol. The molecule has 0 aliphatic rings. The summed E-state index contributed by atoms with van der Waals surface area (Å²) in [5.41, 5.74) is 10.9. The minimum absolute atomic E-state index is 0.0468. The molecule has 0 bridgehead atoms. The number of para-hydroxylation sites is 1. The Bertz CT molecular complexity index is 732. The highest BCUT2D eigenvalue weighted by Gasteiger charge is 2.11. The van der Waals surface area contributed by atoms with Gasteiger partial charge < -0.3 is 5.73 Å². The first-order chi connectivity index (χ1) is 9.75. The van der Waals surface area contributed by atoms with Crippen LogP contribution in [0.2, 0.25) is 0 Å². The lowest BCUT2D eigenvalue weighted by Crippen LogP contribution is -2.15. The van der Waals surface area contributed by atoms with E-state index < -0.39 is 0 Å². The van der Waals surface area contributed by atoms with Crippen molar-refractivity contribution >= 4 is 10.9 Å². The van der Waals surface area contributed by atoms with Crippen LogP contribution in [-0.2, 0) is 6.42 Å². The average Bonchev–Trinajstić information content (AvgIpc) is 2.48. The molecule has 2 heterocycles. The van der Waals surface area contributed by atoms with E-state index in [-0.39, 0.29) is 6.04 Å². The van der Waals surface area contributed by atoms with Crippen molar-refractivity contribution in [3.8, 4) is 0 Å². The molecule has 0 fully saturated rings. The van der Waals surface area contributed by atoms with Gasteiger partial charge >= 0.3 is 0 Å². The minimum atomic E-state index is -0.0468. The number of pyridine rings is 2. The molecule has 3 aromatic rings. The predicted octanol–water partition coefficient (Wildman–Crippen LogP) is 3.18. The predicted molar refractivity (Wildman–Crippen MR) is 81.3 cm³/mol. The minimum Gasteiger partial charge on any atom is -0.324 e. The van der Waals surface area contributed by atoms with Gasteiger partial charge in [0.1, 0.15) is 0 Å². The van der Waals surface area contributed by atoms with Crippen LogP contribution in [0, 0.1) is 6.92 Å². The fraction of sp³-hybridized carbons (Fsp3) is 0.176. The number of rotatable bonds is 3. The van der Waals surface area contributed by atoms with Crippen LogP contribution in [0.3, 0.4) is 0 Å². The van der Waals surface area contributed by atoms with E-state index in [9.17, 15) is 0 Å². The number of nitrogens with two attached hydrogens (primary N) is 1. The van der Waals surface area contributed by atoms with Gasteiger partial charge in [-0.05, 0) is 48.2 Å². The molecule has 0 saturated carbocycles. The third-order valence-electron chi connectivity index (χ3n) is 3.66.